The van der Waals surface area contributed by atoms with E-state index in [1.807, 2.05) is 11.5 Å². The zero-order valence-electron chi connectivity index (χ0n) is 18.8. The Labute approximate surface area is 215 Å². The van der Waals surface area contributed by atoms with Crippen LogP contribution in [0.4, 0.5) is 26.4 Å². The van der Waals surface area contributed by atoms with Gasteiger partial charge in [-0.05, 0) is 25.0 Å². The van der Waals surface area contributed by atoms with Crippen LogP contribution >= 0.6 is 34.8 Å². The van der Waals surface area contributed by atoms with E-state index >= 15 is 0 Å². The second-order valence-corrected chi connectivity index (χ2v) is 9.88. The number of nitrogens with one attached hydrogen (secondary N) is 2. The highest BCUT2D eigenvalue weighted by atomic mass is 35.5. The Kier molecular flexibility index (Phi) is 7.54. The van der Waals surface area contributed by atoms with Crippen molar-refractivity contribution in [3.8, 4) is 0 Å². The van der Waals surface area contributed by atoms with E-state index in [-0.39, 0.29) is 31.3 Å². The molecule has 2 aromatic heterocycles. The molecule has 0 saturated heterocycles. The van der Waals surface area contributed by atoms with E-state index in [0.29, 0.717) is 50.7 Å². The highest BCUT2D eigenvalue weighted by Gasteiger charge is 2.45. The number of hydrogen-bond acceptors (Lipinski definition) is 6. The fourth-order valence-electron chi connectivity index (χ4n) is 4.16. The second kappa shape index (κ2) is 10.3. The molecule has 1 amide bonds. The number of amides is 1. The highest BCUT2D eigenvalue weighted by molar-refractivity contribution is 6.41. The maximum absolute atomic E-state index is 13.3. The predicted octanol–water partition coefficient (Wildman–Crippen LogP) is 6.35. The van der Waals surface area contributed by atoms with Crippen LogP contribution in [0.25, 0.3) is 11.2 Å². The highest BCUT2D eigenvalue weighted by Crippen LogP contribution is 2.40. The van der Waals surface area contributed by atoms with Gasteiger partial charge < -0.3 is 16.4 Å². The monoisotopic (exact) mass is 545 g/mol. The Bertz CT molecular complexity index is 1220. The number of imidazole rings is 1. The van der Waals surface area contributed by atoms with Crippen LogP contribution in [0.3, 0.4) is 0 Å². The molecule has 35 heavy (non-hydrogen) atoms. The average Bonchev–Trinajstić information content (AvgIpc) is 3.09. The Morgan fingerprint density at radius 1 is 1.23 bits per heavy atom. The standard InChI is InChI=1S/C22H24Cl3F2N7O/c1-2-3-13(4-5-17(28)35)34-19-16(10-29-20(33-19)30-12-8-22(26,27)9-12)31-21(34)32-18-14(24)6-11(23)7-15(18)25/h6-7,10,12-13H,2-5,8-9H2,1H3,(H2,28,35)(H,31,32)(H,29,30,33)/t13-/m0/s1. The van der Waals surface area contributed by atoms with Crippen molar-refractivity contribution in [2.24, 2.45) is 5.73 Å². The van der Waals surface area contributed by atoms with Crippen molar-refractivity contribution >= 4 is 69.5 Å². The number of nitrogens with zero attached hydrogens (tertiary/aromatic N) is 4. The molecular weight excluding hydrogens is 523 g/mol. The third kappa shape index (κ3) is 5.87. The number of primary amides is 1. The normalized spacial score (nSPS) is 16.2. The van der Waals surface area contributed by atoms with Crippen molar-refractivity contribution in [3.05, 3.63) is 33.4 Å². The van der Waals surface area contributed by atoms with Crippen molar-refractivity contribution in [1.82, 2.24) is 19.5 Å². The van der Waals surface area contributed by atoms with Crippen LogP contribution in [-0.4, -0.2) is 37.4 Å². The molecule has 2 heterocycles. The molecule has 0 radical (unpaired) electrons. The molecule has 1 aromatic carbocycles. The molecule has 4 N–H and O–H groups in total. The number of hydrogen-bond donors (Lipinski definition) is 3. The van der Waals surface area contributed by atoms with Gasteiger partial charge in [0.15, 0.2) is 5.65 Å². The van der Waals surface area contributed by atoms with Crippen LogP contribution in [-0.2, 0) is 4.79 Å². The molecule has 1 saturated carbocycles. The van der Waals surface area contributed by atoms with E-state index in [0.717, 1.165) is 6.42 Å². The lowest BCUT2D eigenvalue weighted by Crippen LogP contribution is -2.44. The summed E-state index contributed by atoms with van der Waals surface area (Å²) in [4.78, 5) is 25.0. The summed E-state index contributed by atoms with van der Waals surface area (Å²) in [5, 5.41) is 7.11. The number of halogens is 5. The number of fused-ring (bicyclic) bond motifs is 1. The molecule has 1 aliphatic carbocycles. The molecule has 0 spiro atoms. The maximum atomic E-state index is 13.3. The van der Waals surface area contributed by atoms with E-state index in [1.165, 1.54) is 6.20 Å². The first-order valence-electron chi connectivity index (χ1n) is 11.2. The number of nitrogens with two attached hydrogens (primary N) is 1. The summed E-state index contributed by atoms with van der Waals surface area (Å²) in [7, 11) is 0. The summed E-state index contributed by atoms with van der Waals surface area (Å²) in [6.07, 6.45) is 3.11. The molecular formula is C22H24Cl3F2N7O. The number of aromatic nitrogens is 4. The smallest absolute Gasteiger partial charge is 0.252 e. The molecule has 1 atom stereocenters. The van der Waals surface area contributed by atoms with Gasteiger partial charge in [0, 0.05) is 36.4 Å². The summed E-state index contributed by atoms with van der Waals surface area (Å²) in [6.45, 7) is 2.02. The van der Waals surface area contributed by atoms with Crippen LogP contribution < -0.4 is 16.4 Å². The fraction of sp³-hybridized carbons (Fsp3) is 0.455. The van der Waals surface area contributed by atoms with Gasteiger partial charge in [0.2, 0.25) is 17.8 Å². The third-order valence-corrected chi connectivity index (χ3v) is 6.63. The van der Waals surface area contributed by atoms with E-state index < -0.39 is 17.9 Å². The maximum Gasteiger partial charge on any atom is 0.252 e. The van der Waals surface area contributed by atoms with E-state index in [2.05, 4.69) is 25.6 Å². The van der Waals surface area contributed by atoms with Gasteiger partial charge in [0.1, 0.15) is 5.52 Å². The number of rotatable bonds is 10. The Hall–Kier alpha value is -2.43. The number of alkyl halides is 2. The van der Waals surface area contributed by atoms with Crippen LogP contribution in [0.15, 0.2) is 18.3 Å². The van der Waals surface area contributed by atoms with Crippen molar-refractivity contribution in [2.75, 3.05) is 10.6 Å². The number of carbonyl (C=O) groups is 1. The SMILES string of the molecule is CCC[C@@H](CCC(N)=O)n1c(Nc2c(Cl)cc(Cl)cc2Cl)nc2cnc(NC3CC(F)(F)C3)nc21. The average molecular weight is 547 g/mol. The van der Waals surface area contributed by atoms with Crippen molar-refractivity contribution < 1.29 is 13.6 Å². The second-order valence-electron chi connectivity index (χ2n) is 8.63. The molecule has 4 rings (SSSR count). The first-order chi connectivity index (χ1) is 16.6. The van der Waals surface area contributed by atoms with Gasteiger partial charge in [0.25, 0.3) is 5.92 Å². The molecule has 188 valence electrons. The summed E-state index contributed by atoms with van der Waals surface area (Å²) in [5.41, 5.74) is 6.77. The summed E-state index contributed by atoms with van der Waals surface area (Å²) < 4.78 is 28.4. The lowest BCUT2D eigenvalue weighted by molar-refractivity contribution is -0.118. The van der Waals surface area contributed by atoms with Crippen molar-refractivity contribution in [3.63, 3.8) is 0 Å². The topological polar surface area (TPSA) is 111 Å². The van der Waals surface area contributed by atoms with Crippen LogP contribution in [0, 0.1) is 0 Å². The number of carbonyl (C=O) groups excluding carboxylic acids is 1. The third-order valence-electron chi connectivity index (χ3n) is 5.81. The van der Waals surface area contributed by atoms with Gasteiger partial charge in [-0.2, -0.15) is 4.98 Å². The zero-order chi connectivity index (χ0) is 25.3. The van der Waals surface area contributed by atoms with Gasteiger partial charge in [-0.1, -0.05) is 48.1 Å². The summed E-state index contributed by atoms with van der Waals surface area (Å²) in [6, 6.07) is 2.50. The quantitative estimate of drug-likeness (QED) is 0.273. The van der Waals surface area contributed by atoms with E-state index in [4.69, 9.17) is 40.5 Å². The molecule has 1 aliphatic rings. The zero-order valence-corrected chi connectivity index (χ0v) is 21.1. The minimum atomic E-state index is -2.67. The Morgan fingerprint density at radius 2 is 1.91 bits per heavy atom. The van der Waals surface area contributed by atoms with E-state index in [9.17, 15) is 13.6 Å². The molecule has 0 unspecified atom stereocenters. The van der Waals surface area contributed by atoms with Crippen molar-refractivity contribution in [2.45, 2.75) is 63.5 Å². The summed E-state index contributed by atoms with van der Waals surface area (Å²) >= 11 is 18.8. The Balaban J connectivity index is 1.76. The van der Waals surface area contributed by atoms with Gasteiger partial charge in [-0.25, -0.2) is 18.7 Å². The molecule has 0 bridgehead atoms. The van der Waals surface area contributed by atoms with Crippen LogP contribution in [0.1, 0.15) is 51.5 Å². The van der Waals surface area contributed by atoms with Crippen molar-refractivity contribution in [1.29, 1.82) is 0 Å². The molecule has 13 heteroatoms. The largest absolute Gasteiger partial charge is 0.370 e. The van der Waals surface area contributed by atoms with Gasteiger partial charge in [-0.15, -0.1) is 0 Å². The minimum absolute atomic E-state index is 0.166. The van der Waals surface area contributed by atoms with Gasteiger partial charge in [-0.3, -0.25) is 9.36 Å². The van der Waals surface area contributed by atoms with Crippen LogP contribution in [0.5, 0.6) is 0 Å². The minimum Gasteiger partial charge on any atom is -0.370 e. The van der Waals surface area contributed by atoms with Gasteiger partial charge >= 0.3 is 0 Å². The predicted molar refractivity (Wildman–Crippen MR) is 134 cm³/mol. The lowest BCUT2D eigenvalue weighted by Gasteiger charge is -2.35. The fourth-order valence-corrected chi connectivity index (χ4v) is 5.07. The van der Waals surface area contributed by atoms with E-state index in [1.54, 1.807) is 12.1 Å². The number of anilines is 3. The van der Waals surface area contributed by atoms with Gasteiger partial charge in [0.05, 0.1) is 21.9 Å². The molecule has 1 fully saturated rings. The lowest BCUT2D eigenvalue weighted by atomic mass is 9.88. The van der Waals surface area contributed by atoms with Crippen LogP contribution in [0.2, 0.25) is 15.1 Å². The molecule has 8 nitrogen and oxygen atoms in total. The Morgan fingerprint density at radius 3 is 2.51 bits per heavy atom. The summed E-state index contributed by atoms with van der Waals surface area (Å²) in [5.74, 6) is -2.48. The first kappa shape index (κ1) is 25.7. The molecule has 3 aromatic rings. The molecule has 0 aliphatic heterocycles. The first-order valence-corrected chi connectivity index (χ1v) is 12.3. The number of benzene rings is 1.